The van der Waals surface area contributed by atoms with Gasteiger partial charge in [0.05, 0.1) is 11.3 Å². The molecule has 0 aromatic heterocycles. The second kappa shape index (κ2) is 7.90. The van der Waals surface area contributed by atoms with E-state index in [-0.39, 0.29) is 11.8 Å². The van der Waals surface area contributed by atoms with E-state index in [1.807, 2.05) is 73.7 Å². The lowest BCUT2D eigenvalue weighted by molar-refractivity contribution is 0.0752. The predicted octanol–water partition coefficient (Wildman–Crippen LogP) is 5.07. The summed E-state index contributed by atoms with van der Waals surface area (Å²) in [5.74, 6) is -0.196. The smallest absolute Gasteiger partial charge is 0.256 e. The van der Waals surface area contributed by atoms with E-state index >= 15 is 0 Å². The quantitative estimate of drug-likeness (QED) is 0.679. The lowest BCUT2D eigenvalue weighted by atomic mass is 10.1. The van der Waals surface area contributed by atoms with Crippen LogP contribution in [0.1, 0.15) is 33.2 Å². The highest BCUT2D eigenvalue weighted by molar-refractivity contribution is 7.99. The van der Waals surface area contributed by atoms with Crippen molar-refractivity contribution in [2.45, 2.75) is 23.3 Å². The summed E-state index contributed by atoms with van der Waals surface area (Å²) >= 11 is 1.54. The van der Waals surface area contributed by atoms with Gasteiger partial charge < -0.3 is 10.2 Å². The Bertz CT molecular complexity index is 1030. The van der Waals surface area contributed by atoms with Crippen LogP contribution >= 0.6 is 11.8 Å². The molecule has 140 valence electrons. The Labute approximate surface area is 168 Å². The fourth-order valence-corrected chi connectivity index (χ4v) is 4.22. The van der Waals surface area contributed by atoms with Gasteiger partial charge in [0.1, 0.15) is 0 Å². The number of anilines is 1. The second-order valence-corrected chi connectivity index (χ2v) is 7.65. The highest BCUT2D eigenvalue weighted by Gasteiger charge is 2.22. The number of amides is 2. The lowest BCUT2D eigenvalue weighted by Crippen LogP contribution is -2.30. The molecule has 0 saturated carbocycles. The zero-order chi connectivity index (χ0) is 19.5. The van der Waals surface area contributed by atoms with Crippen molar-refractivity contribution in [3.8, 4) is 0 Å². The fourth-order valence-electron chi connectivity index (χ4n) is 3.21. The molecule has 0 spiro atoms. The van der Waals surface area contributed by atoms with Crippen LogP contribution in [0.3, 0.4) is 0 Å². The SMILES string of the molecule is CCN(Cc1ccccc1)C(=O)c1ccc2c(c1)NC(=O)c1ccccc1S2. The fraction of sp³-hybridized carbons (Fsp3) is 0.130. The van der Waals surface area contributed by atoms with Gasteiger partial charge in [-0.05, 0) is 42.8 Å². The average molecular weight is 388 g/mol. The van der Waals surface area contributed by atoms with Crippen LogP contribution in [0, 0.1) is 0 Å². The number of nitrogens with zero attached hydrogens (tertiary/aromatic N) is 1. The molecule has 28 heavy (non-hydrogen) atoms. The molecule has 3 aromatic rings. The molecular formula is C23H20N2O2S. The van der Waals surface area contributed by atoms with Crippen LogP contribution in [0.25, 0.3) is 0 Å². The molecule has 0 unspecified atom stereocenters. The first-order valence-corrected chi connectivity index (χ1v) is 10.0. The van der Waals surface area contributed by atoms with E-state index < -0.39 is 0 Å². The Kier molecular flexibility index (Phi) is 5.17. The maximum atomic E-state index is 13.1. The first-order valence-electron chi connectivity index (χ1n) is 9.21. The summed E-state index contributed by atoms with van der Waals surface area (Å²) in [4.78, 5) is 29.3. The van der Waals surface area contributed by atoms with Gasteiger partial charge in [0.15, 0.2) is 0 Å². The van der Waals surface area contributed by atoms with Gasteiger partial charge in [-0.15, -0.1) is 0 Å². The molecule has 0 bridgehead atoms. The number of benzene rings is 3. The van der Waals surface area contributed by atoms with Crippen molar-refractivity contribution >= 4 is 29.3 Å². The summed E-state index contributed by atoms with van der Waals surface area (Å²) in [6, 6.07) is 23.0. The van der Waals surface area contributed by atoms with Crippen molar-refractivity contribution in [3.05, 3.63) is 89.5 Å². The summed E-state index contributed by atoms with van der Waals surface area (Å²) in [7, 11) is 0. The van der Waals surface area contributed by atoms with Gasteiger partial charge in [0.2, 0.25) is 0 Å². The summed E-state index contributed by atoms with van der Waals surface area (Å²) < 4.78 is 0. The molecule has 1 N–H and O–H groups in total. The van der Waals surface area contributed by atoms with Crippen molar-refractivity contribution in [1.82, 2.24) is 4.90 Å². The van der Waals surface area contributed by atoms with Crippen LogP contribution in [-0.2, 0) is 6.54 Å². The number of hydrogen-bond donors (Lipinski definition) is 1. The Balaban J connectivity index is 1.61. The zero-order valence-electron chi connectivity index (χ0n) is 15.5. The highest BCUT2D eigenvalue weighted by Crippen LogP contribution is 2.39. The number of rotatable bonds is 4. The first kappa shape index (κ1) is 18.3. The number of nitrogens with one attached hydrogen (secondary N) is 1. The molecule has 4 nitrogen and oxygen atoms in total. The molecule has 2 amide bonds. The highest BCUT2D eigenvalue weighted by atomic mass is 32.2. The largest absolute Gasteiger partial charge is 0.335 e. The second-order valence-electron chi connectivity index (χ2n) is 6.57. The Hall–Kier alpha value is -3.05. The molecule has 4 rings (SSSR count). The van der Waals surface area contributed by atoms with E-state index in [4.69, 9.17) is 0 Å². The molecule has 3 aromatic carbocycles. The molecule has 1 aliphatic rings. The summed E-state index contributed by atoms with van der Waals surface area (Å²) in [5, 5.41) is 2.95. The van der Waals surface area contributed by atoms with E-state index in [0.29, 0.717) is 29.9 Å². The summed E-state index contributed by atoms with van der Waals surface area (Å²) in [6.45, 7) is 3.13. The van der Waals surface area contributed by atoms with Crippen LogP contribution < -0.4 is 5.32 Å². The summed E-state index contributed by atoms with van der Waals surface area (Å²) in [5.41, 5.74) is 2.99. The molecule has 0 fully saturated rings. The Morgan fingerprint density at radius 2 is 1.71 bits per heavy atom. The van der Waals surface area contributed by atoms with Crippen LogP contribution in [0.5, 0.6) is 0 Å². The van der Waals surface area contributed by atoms with E-state index in [0.717, 1.165) is 15.4 Å². The zero-order valence-corrected chi connectivity index (χ0v) is 16.3. The molecule has 0 aliphatic carbocycles. The van der Waals surface area contributed by atoms with E-state index in [1.165, 1.54) is 11.8 Å². The lowest BCUT2D eigenvalue weighted by Gasteiger charge is -2.21. The minimum Gasteiger partial charge on any atom is -0.335 e. The van der Waals surface area contributed by atoms with E-state index in [9.17, 15) is 9.59 Å². The van der Waals surface area contributed by atoms with Crippen molar-refractivity contribution in [3.63, 3.8) is 0 Å². The minimum atomic E-state index is -0.150. The van der Waals surface area contributed by atoms with Gasteiger partial charge >= 0.3 is 0 Å². The Morgan fingerprint density at radius 3 is 2.50 bits per heavy atom. The summed E-state index contributed by atoms with van der Waals surface area (Å²) in [6.07, 6.45) is 0. The third-order valence-electron chi connectivity index (χ3n) is 4.71. The number of carbonyl (C=O) groups excluding carboxylic acids is 2. The third-order valence-corrected chi connectivity index (χ3v) is 5.86. The van der Waals surface area contributed by atoms with Crippen LogP contribution in [0.4, 0.5) is 5.69 Å². The van der Waals surface area contributed by atoms with Gasteiger partial charge in [0, 0.05) is 28.4 Å². The van der Waals surface area contributed by atoms with Crippen molar-refractivity contribution in [2.75, 3.05) is 11.9 Å². The van der Waals surface area contributed by atoms with Gasteiger partial charge in [-0.2, -0.15) is 0 Å². The van der Waals surface area contributed by atoms with Gasteiger partial charge in [-0.25, -0.2) is 0 Å². The maximum absolute atomic E-state index is 13.1. The van der Waals surface area contributed by atoms with Gasteiger partial charge in [0.25, 0.3) is 11.8 Å². The molecule has 1 heterocycles. The maximum Gasteiger partial charge on any atom is 0.256 e. The predicted molar refractivity (Wildman–Crippen MR) is 112 cm³/mol. The molecule has 0 atom stereocenters. The minimum absolute atomic E-state index is 0.0461. The third kappa shape index (κ3) is 3.66. The van der Waals surface area contributed by atoms with Gasteiger partial charge in [-0.1, -0.05) is 54.2 Å². The van der Waals surface area contributed by atoms with E-state index in [2.05, 4.69) is 5.32 Å². The van der Waals surface area contributed by atoms with Crippen LogP contribution in [-0.4, -0.2) is 23.3 Å². The standard InChI is InChI=1S/C23H20N2O2S/c1-2-25(15-16-8-4-3-5-9-16)23(27)17-12-13-21-19(14-17)24-22(26)18-10-6-7-11-20(18)28-21/h3-14H,2,15H2,1H3,(H,24,26). The van der Waals surface area contributed by atoms with Gasteiger partial charge in [-0.3, -0.25) is 9.59 Å². The van der Waals surface area contributed by atoms with Crippen LogP contribution in [0.15, 0.2) is 82.6 Å². The number of hydrogen-bond acceptors (Lipinski definition) is 3. The van der Waals surface area contributed by atoms with Crippen LogP contribution in [0.2, 0.25) is 0 Å². The molecular weight excluding hydrogens is 368 g/mol. The van der Waals surface area contributed by atoms with Crippen molar-refractivity contribution in [2.24, 2.45) is 0 Å². The molecule has 0 radical (unpaired) electrons. The normalized spacial score (nSPS) is 12.4. The molecule has 5 heteroatoms. The van der Waals surface area contributed by atoms with Crippen molar-refractivity contribution in [1.29, 1.82) is 0 Å². The number of carbonyl (C=O) groups is 2. The van der Waals surface area contributed by atoms with Crippen molar-refractivity contribution < 1.29 is 9.59 Å². The topological polar surface area (TPSA) is 49.4 Å². The monoisotopic (exact) mass is 388 g/mol. The Morgan fingerprint density at radius 1 is 0.964 bits per heavy atom. The number of fused-ring (bicyclic) bond motifs is 2. The molecule has 1 aliphatic heterocycles. The molecule has 0 saturated heterocycles. The first-order chi connectivity index (χ1) is 13.7. The average Bonchev–Trinajstić information content (AvgIpc) is 2.87. The van der Waals surface area contributed by atoms with E-state index in [1.54, 1.807) is 11.0 Å².